The minimum absolute atomic E-state index is 0. The lowest BCUT2D eigenvalue weighted by Gasteiger charge is -2.34. The highest BCUT2D eigenvalue weighted by molar-refractivity contribution is 6.33. The molecule has 0 aromatic carbocycles. The van der Waals surface area contributed by atoms with Gasteiger partial charge in [0.05, 0.1) is 16.9 Å². The van der Waals surface area contributed by atoms with Gasteiger partial charge in [0.15, 0.2) is 0 Å². The Morgan fingerprint density at radius 1 is 1.27 bits per heavy atom. The maximum Gasteiger partial charge on any atom is 0.223 e. The van der Waals surface area contributed by atoms with Gasteiger partial charge >= 0.3 is 0 Å². The number of H-pyrrole nitrogens is 1. The number of halogens is 2. The molecule has 2 aliphatic rings. The zero-order chi connectivity index (χ0) is 19.6. The number of fused-ring (bicyclic) bond motifs is 1. The molecule has 5 rings (SSSR count). The molecule has 2 atom stereocenters. The second kappa shape index (κ2) is 9.47. The normalized spacial score (nSPS) is 22.2. The third kappa shape index (κ3) is 4.54. The molecule has 5 heterocycles. The predicted molar refractivity (Wildman–Crippen MR) is 123 cm³/mol. The molecule has 1 unspecified atom stereocenters. The van der Waals surface area contributed by atoms with Crippen LogP contribution in [0.3, 0.4) is 0 Å². The van der Waals surface area contributed by atoms with Gasteiger partial charge in [-0.25, -0.2) is 15.0 Å². The van der Waals surface area contributed by atoms with Gasteiger partial charge in [-0.3, -0.25) is 0 Å². The quantitative estimate of drug-likeness (QED) is 0.554. The van der Waals surface area contributed by atoms with Crippen molar-refractivity contribution in [1.29, 1.82) is 0 Å². The van der Waals surface area contributed by atoms with E-state index in [9.17, 15) is 0 Å². The largest absolute Gasteiger partial charge is 0.350 e. The molecular weight excluding hydrogens is 421 g/mol. The Labute approximate surface area is 187 Å². The third-order valence-electron chi connectivity index (χ3n) is 5.97. The summed E-state index contributed by atoms with van der Waals surface area (Å²) in [6.45, 7) is 5.71. The van der Waals surface area contributed by atoms with E-state index in [1.165, 1.54) is 25.9 Å². The first-order valence-electron chi connectivity index (χ1n) is 10.4. The van der Waals surface area contributed by atoms with E-state index in [1.54, 1.807) is 12.4 Å². The van der Waals surface area contributed by atoms with Crippen molar-refractivity contribution in [3.63, 3.8) is 0 Å². The highest BCUT2D eigenvalue weighted by Crippen LogP contribution is 2.31. The minimum Gasteiger partial charge on any atom is -0.350 e. The SMILES string of the molecule is Cl.Clc1cnc(N[C@@H]2CCCN(CC3CCNC3)C2)nc1-c1c[nH]c2ncccc12. The molecule has 7 nitrogen and oxygen atoms in total. The highest BCUT2D eigenvalue weighted by atomic mass is 35.5. The molecular formula is C21H27Cl2N7. The number of hydrogen-bond donors (Lipinski definition) is 3. The molecule has 3 N–H and O–H groups in total. The number of nitrogens with zero attached hydrogens (tertiary/aromatic N) is 4. The molecule has 2 aliphatic heterocycles. The minimum atomic E-state index is 0. The van der Waals surface area contributed by atoms with E-state index < -0.39 is 0 Å². The van der Waals surface area contributed by atoms with Gasteiger partial charge in [-0.1, -0.05) is 11.6 Å². The van der Waals surface area contributed by atoms with Gasteiger partial charge in [0.25, 0.3) is 0 Å². The molecule has 160 valence electrons. The van der Waals surface area contributed by atoms with Crippen LogP contribution in [0.25, 0.3) is 22.3 Å². The summed E-state index contributed by atoms with van der Waals surface area (Å²) in [4.78, 5) is 19.3. The van der Waals surface area contributed by atoms with E-state index in [0.717, 1.165) is 54.3 Å². The molecule has 0 bridgehead atoms. The number of rotatable bonds is 5. The summed E-state index contributed by atoms with van der Waals surface area (Å²) in [6.07, 6.45) is 9.00. The highest BCUT2D eigenvalue weighted by Gasteiger charge is 2.24. The number of nitrogens with one attached hydrogen (secondary N) is 3. The zero-order valence-electron chi connectivity index (χ0n) is 16.8. The Kier molecular flexibility index (Phi) is 6.73. The Balaban J connectivity index is 0.00000218. The number of aromatic amines is 1. The average Bonchev–Trinajstić information content (AvgIpc) is 3.40. The summed E-state index contributed by atoms with van der Waals surface area (Å²) in [5, 5.41) is 8.57. The molecule has 2 saturated heterocycles. The van der Waals surface area contributed by atoms with E-state index in [1.807, 2.05) is 18.3 Å². The van der Waals surface area contributed by atoms with Crippen LogP contribution in [0.1, 0.15) is 19.3 Å². The van der Waals surface area contributed by atoms with E-state index in [0.29, 0.717) is 17.0 Å². The standard InChI is InChI=1S/C21H26ClN7.ClH/c22-18-11-26-21(28-19(18)17-10-25-20-16(17)4-1-6-24-20)27-15-3-2-8-29(13-15)12-14-5-7-23-9-14;/h1,4,6,10-11,14-15,23H,2-3,5,7-9,12-13H2,(H,24,25)(H,26,27,28);1H/t14?,15-;/m1./s1. The van der Waals surface area contributed by atoms with Crippen molar-refractivity contribution in [1.82, 2.24) is 30.2 Å². The summed E-state index contributed by atoms with van der Waals surface area (Å²) in [5.41, 5.74) is 2.51. The van der Waals surface area contributed by atoms with Gasteiger partial charge < -0.3 is 20.5 Å². The van der Waals surface area contributed by atoms with Crippen LogP contribution in [0.2, 0.25) is 5.02 Å². The monoisotopic (exact) mass is 447 g/mol. The third-order valence-corrected chi connectivity index (χ3v) is 6.24. The first kappa shape index (κ1) is 21.3. The molecule has 0 radical (unpaired) electrons. The Morgan fingerprint density at radius 3 is 3.07 bits per heavy atom. The second-order valence-electron chi connectivity index (χ2n) is 8.09. The summed E-state index contributed by atoms with van der Waals surface area (Å²) < 4.78 is 0. The van der Waals surface area contributed by atoms with Crippen molar-refractivity contribution in [2.45, 2.75) is 25.3 Å². The van der Waals surface area contributed by atoms with Crippen LogP contribution in [0.4, 0.5) is 5.95 Å². The topological polar surface area (TPSA) is 81.8 Å². The van der Waals surface area contributed by atoms with Gasteiger partial charge in [-0.15, -0.1) is 12.4 Å². The second-order valence-corrected chi connectivity index (χ2v) is 8.50. The van der Waals surface area contributed by atoms with Crippen LogP contribution in [0.5, 0.6) is 0 Å². The summed E-state index contributed by atoms with van der Waals surface area (Å²) in [5.74, 6) is 1.42. The maximum absolute atomic E-state index is 6.45. The summed E-state index contributed by atoms with van der Waals surface area (Å²) in [7, 11) is 0. The van der Waals surface area contributed by atoms with E-state index in [-0.39, 0.29) is 12.4 Å². The number of pyridine rings is 1. The number of hydrogen-bond acceptors (Lipinski definition) is 6. The van der Waals surface area contributed by atoms with E-state index >= 15 is 0 Å². The number of anilines is 1. The average molecular weight is 448 g/mol. The summed E-state index contributed by atoms with van der Waals surface area (Å²) in [6, 6.07) is 4.30. The Hall–Kier alpha value is -1.93. The van der Waals surface area contributed by atoms with Crippen molar-refractivity contribution in [3.8, 4) is 11.3 Å². The maximum atomic E-state index is 6.45. The lowest BCUT2D eigenvalue weighted by Crippen LogP contribution is -2.44. The number of likely N-dealkylation sites (tertiary alicyclic amines) is 1. The van der Waals surface area contributed by atoms with Crippen LogP contribution < -0.4 is 10.6 Å². The first-order valence-corrected chi connectivity index (χ1v) is 10.8. The first-order chi connectivity index (χ1) is 14.3. The van der Waals surface area contributed by atoms with E-state index in [4.69, 9.17) is 16.6 Å². The lowest BCUT2D eigenvalue weighted by molar-refractivity contribution is 0.190. The van der Waals surface area contributed by atoms with Crippen LogP contribution >= 0.6 is 24.0 Å². The van der Waals surface area contributed by atoms with Gasteiger partial charge in [0, 0.05) is 42.5 Å². The molecule has 9 heteroatoms. The van der Waals surface area contributed by atoms with Crippen LogP contribution in [-0.4, -0.2) is 63.6 Å². The van der Waals surface area contributed by atoms with Gasteiger partial charge in [-0.05, 0) is 56.9 Å². The van der Waals surface area contributed by atoms with Crippen molar-refractivity contribution >= 4 is 41.0 Å². The number of piperidine rings is 1. The molecule has 0 amide bonds. The fourth-order valence-corrected chi connectivity index (χ4v) is 4.73. The fourth-order valence-electron chi connectivity index (χ4n) is 4.53. The molecule has 0 spiro atoms. The van der Waals surface area contributed by atoms with Crippen molar-refractivity contribution < 1.29 is 0 Å². The summed E-state index contributed by atoms with van der Waals surface area (Å²) >= 11 is 6.45. The van der Waals surface area contributed by atoms with Crippen LogP contribution in [-0.2, 0) is 0 Å². The smallest absolute Gasteiger partial charge is 0.223 e. The van der Waals surface area contributed by atoms with Crippen molar-refractivity contribution in [2.75, 3.05) is 38.0 Å². The molecule has 2 fully saturated rings. The van der Waals surface area contributed by atoms with Crippen LogP contribution in [0, 0.1) is 5.92 Å². The fraction of sp³-hybridized carbons (Fsp3) is 0.476. The van der Waals surface area contributed by atoms with Crippen molar-refractivity contribution in [2.24, 2.45) is 5.92 Å². The lowest BCUT2D eigenvalue weighted by atomic mass is 10.0. The van der Waals surface area contributed by atoms with Gasteiger partial charge in [-0.2, -0.15) is 0 Å². The molecule has 30 heavy (non-hydrogen) atoms. The van der Waals surface area contributed by atoms with Gasteiger partial charge in [0.1, 0.15) is 5.65 Å². The molecule has 0 aliphatic carbocycles. The van der Waals surface area contributed by atoms with E-state index in [2.05, 4.69) is 30.5 Å². The molecule has 3 aromatic heterocycles. The molecule has 0 saturated carbocycles. The number of aromatic nitrogens is 4. The Morgan fingerprint density at radius 2 is 2.20 bits per heavy atom. The zero-order valence-corrected chi connectivity index (χ0v) is 18.3. The predicted octanol–water partition coefficient (Wildman–Crippen LogP) is 3.58. The van der Waals surface area contributed by atoms with Gasteiger partial charge in [0.2, 0.25) is 5.95 Å². The van der Waals surface area contributed by atoms with Crippen LogP contribution in [0.15, 0.2) is 30.7 Å². The van der Waals surface area contributed by atoms with Crippen molar-refractivity contribution in [3.05, 3.63) is 35.7 Å². The molecule has 3 aromatic rings. The Bertz CT molecular complexity index is 986.